The average Bonchev–Trinajstić information content (AvgIpc) is 2.66. The lowest BCUT2D eigenvalue weighted by Crippen LogP contribution is -2.51. The summed E-state index contributed by atoms with van der Waals surface area (Å²) in [6.07, 6.45) is 0.0284. The minimum Gasteiger partial charge on any atom is -0.394 e. The summed E-state index contributed by atoms with van der Waals surface area (Å²) < 4.78 is 18.1. The maximum atomic E-state index is 9.72. The molecule has 0 spiro atoms. The summed E-state index contributed by atoms with van der Waals surface area (Å²) in [4.78, 5) is 0. The minimum absolute atomic E-state index is 0.0366. The molecule has 2 aromatic rings. The van der Waals surface area contributed by atoms with Crippen LogP contribution in [0.1, 0.15) is 24.5 Å². The molecule has 4 atom stereocenters. The monoisotopic (exact) mass is 342 g/mol. The van der Waals surface area contributed by atoms with Crippen LogP contribution in [0.4, 0.5) is 0 Å². The molecule has 3 rings (SSSR count). The molecule has 1 aliphatic rings. The minimum atomic E-state index is -0.367. The largest absolute Gasteiger partial charge is 0.394 e. The molecule has 0 saturated carbocycles. The predicted molar refractivity (Wildman–Crippen MR) is 96.1 cm³/mol. The topological polar surface area (TPSA) is 47.9 Å². The van der Waals surface area contributed by atoms with E-state index in [4.69, 9.17) is 14.2 Å². The molecule has 4 heteroatoms. The van der Waals surface area contributed by atoms with Crippen LogP contribution in [-0.2, 0) is 27.4 Å². The second-order valence-electron chi connectivity index (χ2n) is 6.50. The van der Waals surface area contributed by atoms with Crippen LogP contribution in [0.3, 0.4) is 0 Å². The third kappa shape index (κ3) is 5.13. The van der Waals surface area contributed by atoms with Gasteiger partial charge in [0.25, 0.3) is 0 Å². The fourth-order valence-electron chi connectivity index (χ4n) is 3.20. The van der Waals surface area contributed by atoms with Gasteiger partial charge in [0.05, 0.1) is 32.0 Å². The molecule has 1 saturated heterocycles. The van der Waals surface area contributed by atoms with E-state index < -0.39 is 0 Å². The smallest absolute Gasteiger partial charge is 0.113 e. The first kappa shape index (κ1) is 18.1. The molecule has 1 heterocycles. The van der Waals surface area contributed by atoms with Crippen LogP contribution in [0.15, 0.2) is 60.7 Å². The second kappa shape index (κ2) is 9.11. The quantitative estimate of drug-likeness (QED) is 0.838. The summed E-state index contributed by atoms with van der Waals surface area (Å²) in [5.41, 5.74) is 2.23. The third-order valence-corrected chi connectivity index (χ3v) is 4.48. The van der Waals surface area contributed by atoms with E-state index in [1.54, 1.807) is 0 Å². The van der Waals surface area contributed by atoms with Gasteiger partial charge in [0, 0.05) is 6.42 Å². The first-order valence-electron chi connectivity index (χ1n) is 8.83. The highest BCUT2D eigenvalue weighted by molar-refractivity contribution is 5.14. The lowest BCUT2D eigenvalue weighted by Gasteiger charge is -2.40. The van der Waals surface area contributed by atoms with Gasteiger partial charge < -0.3 is 19.3 Å². The number of aliphatic hydroxyl groups excluding tert-OH is 1. The van der Waals surface area contributed by atoms with Crippen molar-refractivity contribution in [3.05, 3.63) is 71.8 Å². The highest BCUT2D eigenvalue weighted by Crippen LogP contribution is 2.26. The molecule has 134 valence electrons. The highest BCUT2D eigenvalue weighted by atomic mass is 16.6. The molecular formula is C21H26O4. The third-order valence-electron chi connectivity index (χ3n) is 4.48. The van der Waals surface area contributed by atoms with Crippen LogP contribution in [0.2, 0.25) is 0 Å². The van der Waals surface area contributed by atoms with Crippen molar-refractivity contribution in [3.8, 4) is 0 Å². The van der Waals surface area contributed by atoms with E-state index >= 15 is 0 Å². The highest BCUT2D eigenvalue weighted by Gasteiger charge is 2.38. The molecular weight excluding hydrogens is 316 g/mol. The van der Waals surface area contributed by atoms with Crippen molar-refractivity contribution in [3.63, 3.8) is 0 Å². The van der Waals surface area contributed by atoms with Gasteiger partial charge in [-0.3, -0.25) is 0 Å². The standard InChI is InChI=1S/C21H26O4/c1-16-12-19(23-14-17-8-4-2-5-9-17)21(20(13-22)25-16)24-15-18-10-6-3-7-11-18/h2-11,16,19-22H,12-15H2,1H3. The van der Waals surface area contributed by atoms with Crippen LogP contribution >= 0.6 is 0 Å². The Hall–Kier alpha value is -1.72. The van der Waals surface area contributed by atoms with Crippen LogP contribution in [-0.4, -0.2) is 36.1 Å². The van der Waals surface area contributed by atoms with Crippen molar-refractivity contribution >= 4 is 0 Å². The molecule has 0 aromatic heterocycles. The zero-order valence-electron chi connectivity index (χ0n) is 14.6. The summed E-state index contributed by atoms with van der Waals surface area (Å²) in [6.45, 7) is 2.94. The van der Waals surface area contributed by atoms with Crippen LogP contribution in [0.5, 0.6) is 0 Å². The molecule has 4 nitrogen and oxygen atoms in total. The Morgan fingerprint density at radius 3 is 2.04 bits per heavy atom. The van der Waals surface area contributed by atoms with E-state index in [-0.39, 0.29) is 31.0 Å². The van der Waals surface area contributed by atoms with E-state index in [1.807, 2.05) is 67.6 Å². The van der Waals surface area contributed by atoms with Gasteiger partial charge in [-0.25, -0.2) is 0 Å². The number of hydrogen-bond donors (Lipinski definition) is 1. The van der Waals surface area contributed by atoms with Crippen molar-refractivity contribution < 1.29 is 19.3 Å². The number of benzene rings is 2. The van der Waals surface area contributed by atoms with E-state index in [0.29, 0.717) is 13.2 Å². The molecule has 2 aromatic carbocycles. The van der Waals surface area contributed by atoms with Crippen LogP contribution < -0.4 is 0 Å². The van der Waals surface area contributed by atoms with Gasteiger partial charge >= 0.3 is 0 Å². The van der Waals surface area contributed by atoms with Crippen molar-refractivity contribution in [2.24, 2.45) is 0 Å². The SMILES string of the molecule is CC1CC(OCc2ccccc2)C(OCc2ccccc2)C(CO)O1. The van der Waals surface area contributed by atoms with Gasteiger partial charge in [-0.1, -0.05) is 60.7 Å². The number of ether oxygens (including phenoxy) is 3. The van der Waals surface area contributed by atoms with Gasteiger partial charge in [0.15, 0.2) is 0 Å². The first-order chi connectivity index (χ1) is 12.3. The zero-order chi connectivity index (χ0) is 17.5. The van der Waals surface area contributed by atoms with Crippen LogP contribution in [0.25, 0.3) is 0 Å². The maximum absolute atomic E-state index is 9.72. The summed E-state index contributed by atoms with van der Waals surface area (Å²) in [5, 5.41) is 9.72. The van der Waals surface area contributed by atoms with Gasteiger partial charge in [0.1, 0.15) is 12.2 Å². The Labute approximate surface area is 149 Å². The Kier molecular flexibility index (Phi) is 6.59. The second-order valence-corrected chi connectivity index (χ2v) is 6.50. The maximum Gasteiger partial charge on any atom is 0.113 e. The van der Waals surface area contributed by atoms with Crippen molar-refractivity contribution in [1.82, 2.24) is 0 Å². The molecule has 1 fully saturated rings. The lowest BCUT2D eigenvalue weighted by molar-refractivity contribution is -0.212. The number of rotatable bonds is 7. The average molecular weight is 342 g/mol. The Bertz CT molecular complexity index is 616. The molecule has 0 radical (unpaired) electrons. The van der Waals surface area contributed by atoms with Gasteiger partial charge in [-0.2, -0.15) is 0 Å². The fourth-order valence-corrected chi connectivity index (χ4v) is 3.20. The van der Waals surface area contributed by atoms with Gasteiger partial charge in [0.2, 0.25) is 0 Å². The van der Waals surface area contributed by atoms with Crippen molar-refractivity contribution in [2.45, 2.75) is 51.0 Å². The molecule has 0 aliphatic carbocycles. The van der Waals surface area contributed by atoms with E-state index in [0.717, 1.165) is 17.5 Å². The summed E-state index contributed by atoms with van der Waals surface area (Å²) >= 11 is 0. The number of aliphatic hydroxyl groups is 1. The molecule has 25 heavy (non-hydrogen) atoms. The Morgan fingerprint density at radius 2 is 1.48 bits per heavy atom. The summed E-state index contributed by atoms with van der Waals surface area (Å²) in [5.74, 6) is 0. The summed E-state index contributed by atoms with van der Waals surface area (Å²) in [7, 11) is 0. The van der Waals surface area contributed by atoms with Crippen molar-refractivity contribution in [1.29, 1.82) is 0 Å². The van der Waals surface area contributed by atoms with E-state index in [1.165, 1.54) is 0 Å². The fraction of sp³-hybridized carbons (Fsp3) is 0.429. The number of hydrogen-bond acceptors (Lipinski definition) is 4. The normalized spacial score (nSPS) is 26.5. The Balaban J connectivity index is 1.65. The van der Waals surface area contributed by atoms with Crippen LogP contribution in [0, 0.1) is 0 Å². The molecule has 4 unspecified atom stereocenters. The summed E-state index contributed by atoms with van der Waals surface area (Å²) in [6, 6.07) is 20.1. The molecule has 1 N–H and O–H groups in total. The molecule has 0 amide bonds. The molecule has 0 bridgehead atoms. The van der Waals surface area contributed by atoms with E-state index in [9.17, 15) is 5.11 Å². The van der Waals surface area contributed by atoms with Crippen molar-refractivity contribution in [2.75, 3.05) is 6.61 Å². The first-order valence-corrected chi connectivity index (χ1v) is 8.83. The lowest BCUT2D eigenvalue weighted by atomic mass is 9.98. The van der Waals surface area contributed by atoms with E-state index in [2.05, 4.69) is 0 Å². The Morgan fingerprint density at radius 1 is 0.920 bits per heavy atom. The van der Waals surface area contributed by atoms with Gasteiger partial charge in [-0.15, -0.1) is 0 Å². The molecule has 1 aliphatic heterocycles. The zero-order valence-corrected chi connectivity index (χ0v) is 14.6. The van der Waals surface area contributed by atoms with Gasteiger partial charge in [-0.05, 0) is 18.1 Å². The predicted octanol–water partition coefficient (Wildman–Crippen LogP) is 3.33.